The van der Waals surface area contributed by atoms with E-state index in [0.29, 0.717) is 22.7 Å². The number of halogens is 1. The standard InChI is InChI=1S/C10H8ClN3O/c1-7-10(6-15)13-14(12-7)9-4-2-8(11)3-5-9/h2-6H,1H3. The second-order valence-corrected chi connectivity index (χ2v) is 3.49. The summed E-state index contributed by atoms with van der Waals surface area (Å²) < 4.78 is 0. The Hall–Kier alpha value is -1.68. The molecule has 4 nitrogen and oxygen atoms in total. The van der Waals surface area contributed by atoms with E-state index in [0.717, 1.165) is 5.69 Å². The number of aromatic nitrogens is 3. The summed E-state index contributed by atoms with van der Waals surface area (Å²) in [5, 5.41) is 8.79. The first kappa shape index (κ1) is 9.86. The van der Waals surface area contributed by atoms with Gasteiger partial charge in [0.05, 0.1) is 11.4 Å². The molecule has 0 amide bonds. The van der Waals surface area contributed by atoms with Crippen LogP contribution >= 0.6 is 11.6 Å². The van der Waals surface area contributed by atoms with Crippen LogP contribution < -0.4 is 0 Å². The van der Waals surface area contributed by atoms with E-state index in [1.807, 2.05) is 0 Å². The van der Waals surface area contributed by atoms with Crippen LogP contribution in [-0.4, -0.2) is 21.3 Å². The Balaban J connectivity index is 2.45. The van der Waals surface area contributed by atoms with Crippen molar-refractivity contribution in [3.05, 3.63) is 40.7 Å². The molecule has 1 aromatic heterocycles. The fraction of sp³-hybridized carbons (Fsp3) is 0.100. The molecule has 5 heteroatoms. The summed E-state index contributed by atoms with van der Waals surface area (Å²) >= 11 is 5.76. The highest BCUT2D eigenvalue weighted by molar-refractivity contribution is 6.30. The summed E-state index contributed by atoms with van der Waals surface area (Å²) in [6.07, 6.45) is 0.689. The summed E-state index contributed by atoms with van der Waals surface area (Å²) in [6, 6.07) is 7.07. The lowest BCUT2D eigenvalue weighted by Gasteiger charge is -1.97. The molecule has 15 heavy (non-hydrogen) atoms. The predicted molar refractivity (Wildman–Crippen MR) is 56.5 cm³/mol. The Kier molecular flexibility index (Phi) is 2.51. The maximum Gasteiger partial charge on any atom is 0.172 e. The molecule has 0 N–H and O–H groups in total. The fourth-order valence-electron chi connectivity index (χ4n) is 1.19. The van der Waals surface area contributed by atoms with Crippen LogP contribution in [-0.2, 0) is 0 Å². The molecule has 1 heterocycles. The maximum atomic E-state index is 10.6. The van der Waals surface area contributed by atoms with Crippen molar-refractivity contribution in [2.75, 3.05) is 0 Å². The van der Waals surface area contributed by atoms with Gasteiger partial charge in [-0.3, -0.25) is 4.79 Å². The minimum atomic E-state index is 0.352. The second kappa shape index (κ2) is 3.82. The van der Waals surface area contributed by atoms with Crippen LogP contribution in [0.4, 0.5) is 0 Å². The highest BCUT2D eigenvalue weighted by atomic mass is 35.5. The van der Waals surface area contributed by atoms with Gasteiger partial charge in [0.2, 0.25) is 0 Å². The Morgan fingerprint density at radius 1 is 1.27 bits per heavy atom. The zero-order valence-corrected chi connectivity index (χ0v) is 8.77. The molecule has 0 spiro atoms. The van der Waals surface area contributed by atoms with E-state index in [1.54, 1.807) is 31.2 Å². The molecule has 0 fully saturated rings. The lowest BCUT2D eigenvalue weighted by atomic mass is 10.3. The van der Waals surface area contributed by atoms with E-state index in [9.17, 15) is 4.79 Å². The van der Waals surface area contributed by atoms with Gasteiger partial charge < -0.3 is 0 Å². The van der Waals surface area contributed by atoms with Gasteiger partial charge >= 0.3 is 0 Å². The van der Waals surface area contributed by atoms with Crippen molar-refractivity contribution in [3.63, 3.8) is 0 Å². The van der Waals surface area contributed by atoms with Crippen LogP contribution in [0.1, 0.15) is 16.2 Å². The van der Waals surface area contributed by atoms with Gasteiger partial charge in [0.1, 0.15) is 5.69 Å². The molecule has 0 aliphatic carbocycles. The zero-order valence-electron chi connectivity index (χ0n) is 8.01. The molecule has 0 saturated carbocycles. The average molecular weight is 222 g/mol. The van der Waals surface area contributed by atoms with Crippen molar-refractivity contribution < 1.29 is 4.79 Å². The van der Waals surface area contributed by atoms with Crippen molar-refractivity contribution in [1.29, 1.82) is 0 Å². The van der Waals surface area contributed by atoms with Crippen LogP contribution in [0.15, 0.2) is 24.3 Å². The Labute approximate surface area is 91.5 Å². The van der Waals surface area contributed by atoms with Crippen molar-refractivity contribution in [3.8, 4) is 5.69 Å². The van der Waals surface area contributed by atoms with Crippen molar-refractivity contribution in [2.45, 2.75) is 6.92 Å². The van der Waals surface area contributed by atoms with E-state index >= 15 is 0 Å². The van der Waals surface area contributed by atoms with Gasteiger partial charge in [0.15, 0.2) is 6.29 Å². The number of carbonyl (C=O) groups excluding carboxylic acids is 1. The van der Waals surface area contributed by atoms with Gasteiger partial charge in [-0.05, 0) is 31.2 Å². The second-order valence-electron chi connectivity index (χ2n) is 3.05. The molecule has 1 aromatic carbocycles. The molecule has 76 valence electrons. The molecule has 0 radical (unpaired) electrons. The molecule has 0 unspecified atom stereocenters. The molecule has 2 aromatic rings. The third kappa shape index (κ3) is 1.89. The maximum absolute atomic E-state index is 10.6. The van der Waals surface area contributed by atoms with E-state index < -0.39 is 0 Å². The molecule has 2 rings (SSSR count). The summed E-state index contributed by atoms with van der Waals surface area (Å²) in [6.45, 7) is 1.74. The van der Waals surface area contributed by atoms with Crippen molar-refractivity contribution in [2.24, 2.45) is 0 Å². The van der Waals surface area contributed by atoms with Gasteiger partial charge in [0.25, 0.3) is 0 Å². The third-order valence-corrected chi connectivity index (χ3v) is 2.24. The molecule has 0 aliphatic rings. The van der Waals surface area contributed by atoms with Crippen molar-refractivity contribution >= 4 is 17.9 Å². The smallest absolute Gasteiger partial charge is 0.172 e. The number of carbonyl (C=O) groups is 1. The quantitative estimate of drug-likeness (QED) is 0.730. The van der Waals surface area contributed by atoms with Crippen molar-refractivity contribution in [1.82, 2.24) is 15.0 Å². The molecular formula is C10H8ClN3O. The van der Waals surface area contributed by atoms with Gasteiger partial charge in [0, 0.05) is 5.02 Å². The summed E-state index contributed by atoms with van der Waals surface area (Å²) in [4.78, 5) is 12.0. The van der Waals surface area contributed by atoms with Gasteiger partial charge in [-0.1, -0.05) is 11.6 Å². The Bertz CT molecular complexity index is 490. The number of rotatable bonds is 2. The molecule has 0 atom stereocenters. The monoisotopic (exact) mass is 221 g/mol. The van der Waals surface area contributed by atoms with Crippen LogP contribution in [0.2, 0.25) is 5.02 Å². The zero-order chi connectivity index (χ0) is 10.8. The number of hydrogen-bond acceptors (Lipinski definition) is 3. The summed E-state index contributed by atoms with van der Waals surface area (Å²) in [7, 11) is 0. The molecule has 0 saturated heterocycles. The van der Waals surface area contributed by atoms with Gasteiger partial charge in [-0.2, -0.15) is 9.90 Å². The van der Waals surface area contributed by atoms with E-state index in [-0.39, 0.29) is 0 Å². The van der Waals surface area contributed by atoms with Crippen LogP contribution in [0, 0.1) is 6.92 Å². The lowest BCUT2D eigenvalue weighted by molar-refractivity contribution is 0.111. The topological polar surface area (TPSA) is 47.8 Å². The Morgan fingerprint density at radius 2 is 1.93 bits per heavy atom. The normalized spacial score (nSPS) is 10.3. The first-order valence-corrected chi connectivity index (χ1v) is 4.73. The minimum Gasteiger partial charge on any atom is -0.296 e. The van der Waals surface area contributed by atoms with Gasteiger partial charge in [-0.15, -0.1) is 5.10 Å². The van der Waals surface area contributed by atoms with Crippen LogP contribution in [0.3, 0.4) is 0 Å². The Morgan fingerprint density at radius 3 is 2.47 bits per heavy atom. The third-order valence-electron chi connectivity index (χ3n) is 1.99. The SMILES string of the molecule is Cc1nn(-c2ccc(Cl)cc2)nc1C=O. The minimum absolute atomic E-state index is 0.352. The molecule has 0 aliphatic heterocycles. The number of aldehydes is 1. The first-order valence-electron chi connectivity index (χ1n) is 4.36. The van der Waals surface area contributed by atoms with Gasteiger partial charge in [-0.25, -0.2) is 0 Å². The number of benzene rings is 1. The van der Waals surface area contributed by atoms with E-state index in [1.165, 1.54) is 4.80 Å². The highest BCUT2D eigenvalue weighted by Crippen LogP contribution is 2.12. The highest BCUT2D eigenvalue weighted by Gasteiger charge is 2.06. The largest absolute Gasteiger partial charge is 0.296 e. The molecular weight excluding hydrogens is 214 g/mol. The predicted octanol–water partition coefficient (Wildman–Crippen LogP) is 2.04. The average Bonchev–Trinajstić information content (AvgIpc) is 2.61. The summed E-state index contributed by atoms with van der Waals surface area (Å²) in [5.41, 5.74) is 1.74. The number of hydrogen-bond donors (Lipinski definition) is 0. The summed E-state index contributed by atoms with van der Waals surface area (Å²) in [5.74, 6) is 0. The van der Waals surface area contributed by atoms with Crippen LogP contribution in [0.25, 0.3) is 5.69 Å². The van der Waals surface area contributed by atoms with Crippen LogP contribution in [0.5, 0.6) is 0 Å². The lowest BCUT2D eigenvalue weighted by Crippen LogP contribution is -1.98. The first-order chi connectivity index (χ1) is 7.20. The number of aryl methyl sites for hydroxylation is 1. The number of nitrogens with zero attached hydrogens (tertiary/aromatic N) is 3. The van der Waals surface area contributed by atoms with E-state index in [2.05, 4.69) is 10.2 Å². The fourth-order valence-corrected chi connectivity index (χ4v) is 1.31. The molecule has 0 bridgehead atoms. The van der Waals surface area contributed by atoms with E-state index in [4.69, 9.17) is 11.6 Å².